The number of anilines is 1. The zero-order valence-corrected chi connectivity index (χ0v) is 21.8. The van der Waals surface area contributed by atoms with Gasteiger partial charge in [-0.15, -0.1) is 0 Å². The van der Waals surface area contributed by atoms with Crippen molar-refractivity contribution in [3.8, 4) is 5.75 Å². The molecule has 5 rings (SSSR count). The van der Waals surface area contributed by atoms with Crippen LogP contribution in [-0.4, -0.2) is 24.6 Å². The van der Waals surface area contributed by atoms with E-state index in [1.54, 1.807) is 12.1 Å². The standard InChI is InChI=1S/C29H30N3O4P/c1-18-6-11-25-26-15-20(16-31-28(26)29(30)32-27(25)12-18)7-8-22-9-10-23(13-19(22)2)36-17-21-4-3-5-24(14-21)37(33,34)35/h3-6,9-16,33-35,37H,7-8,17H2,1-2H3,(H2,30,32). The summed E-state index contributed by atoms with van der Waals surface area (Å²) in [6.07, 6.45) is 3.57. The van der Waals surface area contributed by atoms with Gasteiger partial charge in [-0.25, -0.2) is 4.98 Å². The van der Waals surface area contributed by atoms with E-state index in [1.165, 1.54) is 11.6 Å². The molecule has 0 spiro atoms. The first-order valence-electron chi connectivity index (χ1n) is 12.1. The molecule has 0 atom stereocenters. The van der Waals surface area contributed by atoms with Gasteiger partial charge in [0.1, 0.15) is 5.52 Å². The predicted octanol–water partition coefficient (Wildman–Crippen LogP) is 4.44. The van der Waals surface area contributed by atoms with Gasteiger partial charge in [-0.3, -0.25) is 4.98 Å². The van der Waals surface area contributed by atoms with E-state index in [4.69, 9.17) is 10.5 Å². The van der Waals surface area contributed by atoms with Crippen LogP contribution in [0.5, 0.6) is 5.75 Å². The fourth-order valence-corrected chi connectivity index (χ4v) is 5.25. The first-order chi connectivity index (χ1) is 17.7. The number of ether oxygens (including phenoxy) is 1. The summed E-state index contributed by atoms with van der Waals surface area (Å²) >= 11 is 0. The van der Waals surface area contributed by atoms with E-state index in [1.807, 2.05) is 37.4 Å². The molecule has 0 bridgehead atoms. The van der Waals surface area contributed by atoms with Crippen LogP contribution < -0.4 is 15.8 Å². The third-order valence-corrected chi connectivity index (χ3v) is 7.67. The van der Waals surface area contributed by atoms with E-state index in [0.717, 1.165) is 62.7 Å². The third kappa shape index (κ3) is 5.55. The van der Waals surface area contributed by atoms with Gasteiger partial charge in [0.15, 0.2) is 5.82 Å². The normalized spacial score (nSPS) is 12.2. The van der Waals surface area contributed by atoms with E-state index in [-0.39, 0.29) is 11.9 Å². The van der Waals surface area contributed by atoms with Crippen molar-refractivity contribution >= 4 is 40.9 Å². The van der Waals surface area contributed by atoms with Crippen LogP contribution in [0, 0.1) is 13.8 Å². The minimum absolute atomic E-state index is 0.130. The summed E-state index contributed by atoms with van der Waals surface area (Å²) in [6, 6.07) is 20.9. The summed E-state index contributed by atoms with van der Waals surface area (Å²) in [5.41, 5.74) is 13.2. The summed E-state index contributed by atoms with van der Waals surface area (Å²) in [5, 5.41) is 2.20. The van der Waals surface area contributed by atoms with Crippen LogP contribution in [0.15, 0.2) is 72.9 Å². The van der Waals surface area contributed by atoms with E-state index < -0.39 is 7.94 Å². The summed E-state index contributed by atoms with van der Waals surface area (Å²) < 4.78 is 5.91. The zero-order valence-electron chi connectivity index (χ0n) is 20.8. The Labute approximate surface area is 215 Å². The number of hydrogen-bond acceptors (Lipinski definition) is 7. The number of rotatable bonds is 7. The molecule has 3 aromatic carbocycles. The average molecular weight is 516 g/mol. The molecule has 5 N–H and O–H groups in total. The summed E-state index contributed by atoms with van der Waals surface area (Å²) in [6.45, 7) is 4.36. The Bertz CT molecular complexity index is 1620. The molecule has 2 heterocycles. The van der Waals surface area contributed by atoms with Gasteiger partial charge < -0.3 is 5.73 Å². The largest absolute Gasteiger partial charge is 0.0472 e. The van der Waals surface area contributed by atoms with Crippen LogP contribution in [0.25, 0.3) is 21.8 Å². The van der Waals surface area contributed by atoms with Crippen molar-refractivity contribution < 1.29 is 19.4 Å². The van der Waals surface area contributed by atoms with Gasteiger partial charge in [-0.1, -0.05) is 12.1 Å². The van der Waals surface area contributed by atoms with Crippen LogP contribution >= 0.6 is 7.94 Å². The Kier molecular flexibility index (Phi) is 6.80. The SMILES string of the molecule is Cc1ccc2c(c1)nc(N)c1ncc(CCc3ccc(OCc4cccc([PH](O)(O)O)c4)cc3C)cc12. The second kappa shape index (κ2) is 10.0. The van der Waals surface area contributed by atoms with Gasteiger partial charge in [0.05, 0.1) is 5.52 Å². The number of aryl methyl sites for hydroxylation is 4. The van der Waals surface area contributed by atoms with Crippen molar-refractivity contribution in [2.75, 3.05) is 5.73 Å². The Balaban J connectivity index is 1.29. The van der Waals surface area contributed by atoms with E-state index in [2.05, 4.69) is 41.2 Å². The minimum atomic E-state index is -4.33. The van der Waals surface area contributed by atoms with Gasteiger partial charge in [0.2, 0.25) is 0 Å². The number of benzene rings is 3. The van der Waals surface area contributed by atoms with Crippen molar-refractivity contribution in [1.29, 1.82) is 0 Å². The van der Waals surface area contributed by atoms with E-state index in [0.29, 0.717) is 5.82 Å². The van der Waals surface area contributed by atoms with Crippen molar-refractivity contribution in [2.45, 2.75) is 33.3 Å². The van der Waals surface area contributed by atoms with Gasteiger partial charge >= 0.3 is 130 Å². The fourth-order valence-electron chi connectivity index (χ4n) is 4.55. The average Bonchev–Trinajstić information content (AvgIpc) is 2.86. The van der Waals surface area contributed by atoms with Crippen molar-refractivity contribution in [3.05, 3.63) is 101 Å². The van der Waals surface area contributed by atoms with Gasteiger partial charge in [-0.05, 0) is 24.6 Å². The number of pyridine rings is 2. The van der Waals surface area contributed by atoms with Crippen LogP contribution in [0.4, 0.5) is 5.82 Å². The molecule has 0 fully saturated rings. The second-order valence-corrected chi connectivity index (χ2v) is 11.3. The van der Waals surface area contributed by atoms with Crippen LogP contribution in [0.2, 0.25) is 0 Å². The fraction of sp³-hybridized carbons (Fsp3) is 0.172. The summed E-state index contributed by atoms with van der Waals surface area (Å²) in [7, 11) is -4.33. The molecular weight excluding hydrogens is 485 g/mol. The summed E-state index contributed by atoms with van der Waals surface area (Å²) in [4.78, 5) is 37.7. The van der Waals surface area contributed by atoms with Crippen molar-refractivity contribution in [3.63, 3.8) is 0 Å². The molecule has 0 amide bonds. The first-order valence-corrected chi connectivity index (χ1v) is 13.9. The Hall–Kier alpha value is -3.61. The molecule has 0 saturated heterocycles. The third-order valence-electron chi connectivity index (χ3n) is 6.59. The molecule has 190 valence electrons. The topological polar surface area (TPSA) is 122 Å². The summed E-state index contributed by atoms with van der Waals surface area (Å²) in [5.74, 6) is 1.17. The number of hydrogen-bond donors (Lipinski definition) is 4. The predicted molar refractivity (Wildman–Crippen MR) is 150 cm³/mol. The number of nitrogens with two attached hydrogens (primary N) is 1. The quantitative estimate of drug-likeness (QED) is 0.187. The van der Waals surface area contributed by atoms with Gasteiger partial charge in [0, 0.05) is 17.0 Å². The number of fused-ring (bicyclic) bond motifs is 3. The molecule has 7 nitrogen and oxygen atoms in total. The molecule has 0 aliphatic rings. The molecule has 0 aliphatic heterocycles. The molecule has 0 saturated carbocycles. The van der Waals surface area contributed by atoms with E-state index in [9.17, 15) is 14.7 Å². The van der Waals surface area contributed by atoms with Gasteiger partial charge in [0.25, 0.3) is 0 Å². The van der Waals surface area contributed by atoms with Crippen LogP contribution in [-0.2, 0) is 19.4 Å². The van der Waals surface area contributed by atoms with Crippen LogP contribution in [0.3, 0.4) is 0 Å². The Morgan fingerprint density at radius 2 is 1.70 bits per heavy atom. The molecule has 37 heavy (non-hydrogen) atoms. The molecule has 8 heteroatoms. The molecule has 2 aromatic heterocycles. The molecule has 0 radical (unpaired) electrons. The maximum atomic E-state index is 9.52. The van der Waals surface area contributed by atoms with E-state index >= 15 is 0 Å². The molecular formula is C29H30N3O4P. The number of nitrogen functional groups attached to an aromatic ring is 1. The Morgan fingerprint density at radius 1 is 0.865 bits per heavy atom. The second-order valence-electron chi connectivity index (χ2n) is 9.47. The zero-order chi connectivity index (χ0) is 26.2. The van der Waals surface area contributed by atoms with Crippen molar-refractivity contribution in [1.82, 2.24) is 9.97 Å². The van der Waals surface area contributed by atoms with Crippen molar-refractivity contribution in [2.24, 2.45) is 0 Å². The van der Waals surface area contributed by atoms with Gasteiger partial charge in [-0.2, -0.15) is 0 Å². The first kappa shape index (κ1) is 25.1. The maximum Gasteiger partial charge on any atom is 0.0136 e. The monoisotopic (exact) mass is 515 g/mol. The molecule has 5 aromatic rings. The molecule has 0 aliphatic carbocycles. The smallest absolute Gasteiger partial charge is 0.0136 e. The number of aromatic nitrogens is 2. The Morgan fingerprint density at radius 3 is 2.49 bits per heavy atom. The minimum Gasteiger partial charge on any atom is -0.0472 e. The maximum absolute atomic E-state index is 9.52. The molecule has 0 unspecified atom stereocenters. The number of nitrogens with zero attached hydrogens (tertiary/aromatic N) is 2. The van der Waals surface area contributed by atoms with Crippen LogP contribution in [0.1, 0.15) is 27.8 Å².